The molecule has 1 fully saturated rings. The van der Waals surface area contributed by atoms with Crippen LogP contribution >= 0.6 is 23.2 Å². The molecule has 0 spiro atoms. The zero-order valence-corrected chi connectivity index (χ0v) is 8.68. The number of rotatable bonds is 2. The van der Waals surface area contributed by atoms with Crippen molar-refractivity contribution in [2.75, 3.05) is 11.9 Å². The molecule has 70 valence electrons. The fraction of sp³-hybridized carbons (Fsp3) is 0.500. The fourth-order valence-corrected chi connectivity index (χ4v) is 1.57. The second-order valence-corrected chi connectivity index (χ2v) is 3.90. The van der Waals surface area contributed by atoms with Gasteiger partial charge in [0, 0.05) is 13.1 Å². The summed E-state index contributed by atoms with van der Waals surface area (Å²) in [5.74, 6) is 0.726. The summed E-state index contributed by atoms with van der Waals surface area (Å²) in [4.78, 5) is 9.93. The first-order chi connectivity index (χ1) is 6.18. The highest BCUT2D eigenvalue weighted by molar-refractivity contribution is 6.33. The maximum absolute atomic E-state index is 5.94. The first-order valence-electron chi connectivity index (χ1n) is 4.09. The van der Waals surface area contributed by atoms with Gasteiger partial charge < -0.3 is 4.90 Å². The second-order valence-electron chi connectivity index (χ2n) is 3.15. The molecule has 0 saturated heterocycles. The topological polar surface area (TPSA) is 29.0 Å². The van der Waals surface area contributed by atoms with Gasteiger partial charge in [0.15, 0.2) is 5.82 Å². The van der Waals surface area contributed by atoms with Crippen molar-refractivity contribution in [2.45, 2.75) is 18.9 Å². The van der Waals surface area contributed by atoms with Gasteiger partial charge in [-0.05, 0) is 24.4 Å². The third-order valence-electron chi connectivity index (χ3n) is 2.12. The Balaban J connectivity index is 2.31. The quantitative estimate of drug-likeness (QED) is 0.713. The highest BCUT2D eigenvalue weighted by Gasteiger charge is 2.28. The third-order valence-corrected chi connectivity index (χ3v) is 2.57. The molecule has 1 saturated carbocycles. The summed E-state index contributed by atoms with van der Waals surface area (Å²) in [6.45, 7) is 0. The molecule has 0 bridgehead atoms. The Bertz CT molecular complexity index is 325. The van der Waals surface area contributed by atoms with E-state index in [-0.39, 0.29) is 5.28 Å². The zero-order valence-electron chi connectivity index (χ0n) is 7.17. The van der Waals surface area contributed by atoms with Crippen molar-refractivity contribution in [2.24, 2.45) is 0 Å². The predicted molar refractivity (Wildman–Crippen MR) is 53.5 cm³/mol. The summed E-state index contributed by atoms with van der Waals surface area (Å²) < 4.78 is 0. The number of halogens is 2. The van der Waals surface area contributed by atoms with Crippen LogP contribution in [0.25, 0.3) is 0 Å². The molecule has 1 aliphatic rings. The minimum Gasteiger partial charge on any atom is -0.355 e. The monoisotopic (exact) mass is 217 g/mol. The first-order valence-corrected chi connectivity index (χ1v) is 4.85. The molecular weight excluding hydrogens is 209 g/mol. The van der Waals surface area contributed by atoms with E-state index >= 15 is 0 Å². The van der Waals surface area contributed by atoms with Crippen LogP contribution in [-0.2, 0) is 0 Å². The average molecular weight is 218 g/mol. The molecule has 0 atom stereocenters. The molecule has 5 heteroatoms. The van der Waals surface area contributed by atoms with Crippen LogP contribution in [0.5, 0.6) is 0 Å². The van der Waals surface area contributed by atoms with Gasteiger partial charge in [-0.2, -0.15) is 4.98 Å². The Labute approximate surface area is 86.7 Å². The van der Waals surface area contributed by atoms with E-state index in [4.69, 9.17) is 23.2 Å². The normalized spacial score (nSPS) is 15.9. The fourth-order valence-electron chi connectivity index (χ4n) is 1.22. The van der Waals surface area contributed by atoms with E-state index in [1.165, 1.54) is 19.0 Å². The summed E-state index contributed by atoms with van der Waals surface area (Å²) in [5, 5.41) is 0.797. The Morgan fingerprint density at radius 2 is 2.15 bits per heavy atom. The zero-order chi connectivity index (χ0) is 9.42. The smallest absolute Gasteiger partial charge is 0.224 e. The van der Waals surface area contributed by atoms with Gasteiger partial charge in [0.25, 0.3) is 0 Å². The Morgan fingerprint density at radius 1 is 1.46 bits per heavy atom. The molecular formula is C8H9Cl2N3. The molecule has 1 heterocycles. The molecule has 2 rings (SSSR count). The van der Waals surface area contributed by atoms with Gasteiger partial charge in [-0.1, -0.05) is 11.6 Å². The summed E-state index contributed by atoms with van der Waals surface area (Å²) in [7, 11) is 1.97. The SMILES string of the molecule is CN(c1nc(Cl)ncc1Cl)C1CC1. The number of nitrogens with zero attached hydrogens (tertiary/aromatic N) is 3. The van der Waals surface area contributed by atoms with E-state index in [2.05, 4.69) is 14.9 Å². The van der Waals surface area contributed by atoms with E-state index in [0.717, 1.165) is 5.82 Å². The van der Waals surface area contributed by atoms with Gasteiger partial charge in [-0.15, -0.1) is 0 Å². The van der Waals surface area contributed by atoms with Crippen LogP contribution in [0.2, 0.25) is 10.3 Å². The van der Waals surface area contributed by atoms with Crippen molar-refractivity contribution >= 4 is 29.0 Å². The summed E-state index contributed by atoms with van der Waals surface area (Å²) in [6, 6.07) is 0.573. The molecule has 0 aliphatic heterocycles. The Morgan fingerprint density at radius 3 is 2.77 bits per heavy atom. The molecule has 1 aromatic heterocycles. The molecule has 0 amide bonds. The first kappa shape index (κ1) is 9.03. The van der Waals surface area contributed by atoms with Crippen LogP contribution < -0.4 is 4.90 Å². The van der Waals surface area contributed by atoms with Crippen LogP contribution in [0.15, 0.2) is 6.20 Å². The van der Waals surface area contributed by atoms with Crippen LogP contribution in [-0.4, -0.2) is 23.1 Å². The lowest BCUT2D eigenvalue weighted by atomic mass is 10.5. The maximum Gasteiger partial charge on any atom is 0.224 e. The molecule has 0 aromatic carbocycles. The van der Waals surface area contributed by atoms with Crippen molar-refractivity contribution in [3.8, 4) is 0 Å². The number of hydrogen-bond donors (Lipinski definition) is 0. The Kier molecular flexibility index (Phi) is 2.30. The molecule has 13 heavy (non-hydrogen) atoms. The van der Waals surface area contributed by atoms with Gasteiger partial charge >= 0.3 is 0 Å². The van der Waals surface area contributed by atoms with Gasteiger partial charge in [0.2, 0.25) is 5.28 Å². The lowest BCUT2D eigenvalue weighted by molar-refractivity contribution is 0.886. The minimum atomic E-state index is 0.243. The highest BCUT2D eigenvalue weighted by atomic mass is 35.5. The van der Waals surface area contributed by atoms with Crippen molar-refractivity contribution in [3.05, 3.63) is 16.5 Å². The van der Waals surface area contributed by atoms with Crippen molar-refractivity contribution in [1.82, 2.24) is 9.97 Å². The van der Waals surface area contributed by atoms with Crippen molar-refractivity contribution < 1.29 is 0 Å². The van der Waals surface area contributed by atoms with Crippen molar-refractivity contribution in [1.29, 1.82) is 0 Å². The average Bonchev–Trinajstić information content (AvgIpc) is 2.91. The molecule has 0 N–H and O–H groups in total. The third kappa shape index (κ3) is 1.86. The van der Waals surface area contributed by atoms with Crippen LogP contribution in [0.1, 0.15) is 12.8 Å². The van der Waals surface area contributed by atoms with E-state index in [1.54, 1.807) is 0 Å². The van der Waals surface area contributed by atoms with E-state index in [0.29, 0.717) is 11.1 Å². The largest absolute Gasteiger partial charge is 0.355 e. The molecule has 1 aromatic rings. The summed E-state index contributed by atoms with van der Waals surface area (Å²) >= 11 is 11.6. The highest BCUT2D eigenvalue weighted by Crippen LogP contribution is 2.32. The minimum absolute atomic E-state index is 0.243. The van der Waals surface area contributed by atoms with Crippen LogP contribution in [0, 0.1) is 0 Å². The second kappa shape index (κ2) is 3.31. The molecule has 0 radical (unpaired) electrons. The summed E-state index contributed by atoms with van der Waals surface area (Å²) in [6.07, 6.45) is 3.94. The molecule has 3 nitrogen and oxygen atoms in total. The number of aromatic nitrogens is 2. The van der Waals surface area contributed by atoms with Gasteiger partial charge in [0.1, 0.15) is 5.02 Å². The standard InChI is InChI=1S/C8H9Cl2N3/c1-13(5-2-3-5)7-6(9)4-11-8(10)12-7/h4-5H,2-3H2,1H3. The Hall–Kier alpha value is -0.540. The van der Waals surface area contributed by atoms with Crippen molar-refractivity contribution in [3.63, 3.8) is 0 Å². The number of anilines is 1. The van der Waals surface area contributed by atoms with Gasteiger partial charge in [-0.3, -0.25) is 0 Å². The predicted octanol–water partition coefficient (Wildman–Crippen LogP) is 2.38. The van der Waals surface area contributed by atoms with E-state index < -0.39 is 0 Å². The maximum atomic E-state index is 5.94. The lowest BCUT2D eigenvalue weighted by Gasteiger charge is -2.17. The molecule has 0 unspecified atom stereocenters. The molecule has 1 aliphatic carbocycles. The lowest BCUT2D eigenvalue weighted by Crippen LogP contribution is -2.21. The van der Waals surface area contributed by atoms with E-state index in [9.17, 15) is 0 Å². The number of hydrogen-bond acceptors (Lipinski definition) is 3. The summed E-state index contributed by atoms with van der Waals surface area (Å²) in [5.41, 5.74) is 0. The van der Waals surface area contributed by atoms with Gasteiger partial charge in [-0.25, -0.2) is 4.98 Å². The van der Waals surface area contributed by atoms with Crippen LogP contribution in [0.4, 0.5) is 5.82 Å². The van der Waals surface area contributed by atoms with Gasteiger partial charge in [0.05, 0.1) is 6.20 Å². The van der Waals surface area contributed by atoms with Crippen LogP contribution in [0.3, 0.4) is 0 Å². The van der Waals surface area contributed by atoms with E-state index in [1.807, 2.05) is 7.05 Å².